The largest absolute Gasteiger partial charge is 0.315 e. The number of nitrogens with zero attached hydrogens (tertiary/aromatic N) is 2. The molecule has 136 valence electrons. The quantitative estimate of drug-likeness (QED) is 0.734. The molecule has 0 bridgehead atoms. The van der Waals surface area contributed by atoms with Crippen LogP contribution in [0.25, 0.3) is 0 Å². The predicted octanol–water partition coefficient (Wildman–Crippen LogP) is 4.27. The average molecular weight is 427 g/mol. The SMILES string of the molecule is O=S1(=O)CC2N=C(SCc3ccccc3Cl)N(c3ccc(Cl)cc3)C2C1. The number of sulfone groups is 1. The molecule has 26 heavy (non-hydrogen) atoms. The molecule has 4 rings (SSSR count). The molecule has 2 aliphatic rings. The smallest absolute Gasteiger partial charge is 0.164 e. The molecule has 8 heteroatoms. The van der Waals surface area contributed by atoms with Gasteiger partial charge in [-0.05, 0) is 35.9 Å². The van der Waals surface area contributed by atoms with Crippen LogP contribution in [0.4, 0.5) is 5.69 Å². The lowest BCUT2D eigenvalue weighted by molar-refractivity contribution is 0.601. The first-order chi connectivity index (χ1) is 12.4. The van der Waals surface area contributed by atoms with E-state index in [0.717, 1.165) is 21.4 Å². The van der Waals surface area contributed by atoms with E-state index in [-0.39, 0.29) is 23.6 Å². The van der Waals surface area contributed by atoms with Crippen molar-refractivity contribution in [2.24, 2.45) is 4.99 Å². The summed E-state index contributed by atoms with van der Waals surface area (Å²) in [5.41, 5.74) is 1.94. The molecule has 0 N–H and O–H groups in total. The van der Waals surface area contributed by atoms with Crippen LogP contribution < -0.4 is 4.90 Å². The summed E-state index contributed by atoms with van der Waals surface area (Å²) in [6.45, 7) is 0. The molecule has 0 saturated carbocycles. The number of fused-ring (bicyclic) bond motifs is 1. The highest BCUT2D eigenvalue weighted by molar-refractivity contribution is 8.13. The standard InChI is InChI=1S/C18H16Cl2N2O2S2/c19-13-5-7-14(8-6-13)22-17-11-26(23,24)10-16(17)21-18(22)25-9-12-3-1-2-4-15(12)20/h1-8,16-17H,9-11H2. The van der Waals surface area contributed by atoms with Gasteiger partial charge in [0.15, 0.2) is 15.0 Å². The van der Waals surface area contributed by atoms with Gasteiger partial charge in [-0.2, -0.15) is 0 Å². The van der Waals surface area contributed by atoms with Gasteiger partial charge in [0.2, 0.25) is 0 Å². The summed E-state index contributed by atoms with van der Waals surface area (Å²) in [5, 5.41) is 2.20. The predicted molar refractivity (Wildman–Crippen MR) is 110 cm³/mol. The van der Waals surface area contributed by atoms with Crippen LogP contribution in [0.3, 0.4) is 0 Å². The second-order valence-corrected chi connectivity index (χ2v) is 10.3. The summed E-state index contributed by atoms with van der Waals surface area (Å²) in [6.07, 6.45) is 0. The Bertz CT molecular complexity index is 961. The highest BCUT2D eigenvalue weighted by Crippen LogP contribution is 2.36. The molecule has 1 saturated heterocycles. The fraction of sp³-hybridized carbons (Fsp3) is 0.278. The van der Waals surface area contributed by atoms with Gasteiger partial charge in [-0.15, -0.1) is 0 Å². The molecular formula is C18H16Cl2N2O2S2. The van der Waals surface area contributed by atoms with Gasteiger partial charge >= 0.3 is 0 Å². The Morgan fingerprint density at radius 1 is 1.08 bits per heavy atom. The van der Waals surface area contributed by atoms with Crippen molar-refractivity contribution in [2.75, 3.05) is 16.4 Å². The molecule has 2 aliphatic heterocycles. The van der Waals surface area contributed by atoms with Gasteiger partial charge in [-0.1, -0.05) is 53.2 Å². The van der Waals surface area contributed by atoms with Crippen molar-refractivity contribution in [3.8, 4) is 0 Å². The lowest BCUT2D eigenvalue weighted by atomic mass is 10.1. The van der Waals surface area contributed by atoms with Crippen molar-refractivity contribution in [2.45, 2.75) is 17.8 Å². The molecule has 2 unspecified atom stereocenters. The van der Waals surface area contributed by atoms with Crippen molar-refractivity contribution in [1.29, 1.82) is 0 Å². The van der Waals surface area contributed by atoms with Gasteiger partial charge in [-0.3, -0.25) is 4.99 Å². The van der Waals surface area contributed by atoms with Crippen LogP contribution in [-0.2, 0) is 15.6 Å². The van der Waals surface area contributed by atoms with E-state index in [1.54, 1.807) is 11.8 Å². The second kappa shape index (κ2) is 7.08. The molecule has 2 aromatic rings. The number of halogens is 2. The van der Waals surface area contributed by atoms with Crippen LogP contribution in [0.2, 0.25) is 10.0 Å². The van der Waals surface area contributed by atoms with Gasteiger partial charge < -0.3 is 4.90 Å². The Morgan fingerprint density at radius 2 is 1.81 bits per heavy atom. The second-order valence-electron chi connectivity index (χ2n) is 6.35. The number of thioether (sulfide) groups is 1. The van der Waals surface area contributed by atoms with Crippen molar-refractivity contribution in [1.82, 2.24) is 0 Å². The van der Waals surface area contributed by atoms with Crippen molar-refractivity contribution in [3.05, 3.63) is 64.1 Å². The minimum Gasteiger partial charge on any atom is -0.315 e. The Labute approximate surface area is 167 Å². The minimum atomic E-state index is -3.06. The molecule has 2 heterocycles. The van der Waals surface area contributed by atoms with Crippen molar-refractivity contribution < 1.29 is 8.42 Å². The number of aliphatic imine (C=N–C) groups is 1. The molecule has 4 nitrogen and oxygen atoms in total. The summed E-state index contributed by atoms with van der Waals surface area (Å²) < 4.78 is 24.1. The van der Waals surface area contributed by atoms with Gasteiger partial charge in [0, 0.05) is 21.5 Å². The maximum Gasteiger partial charge on any atom is 0.164 e. The topological polar surface area (TPSA) is 49.7 Å². The summed E-state index contributed by atoms with van der Waals surface area (Å²) >= 11 is 13.8. The van der Waals surface area contributed by atoms with E-state index in [1.807, 2.05) is 53.4 Å². The molecule has 0 spiro atoms. The van der Waals surface area contributed by atoms with E-state index in [4.69, 9.17) is 28.2 Å². The number of anilines is 1. The third-order valence-electron chi connectivity index (χ3n) is 4.53. The number of benzene rings is 2. The molecule has 1 fully saturated rings. The third kappa shape index (κ3) is 3.60. The van der Waals surface area contributed by atoms with Gasteiger partial charge in [0.05, 0.1) is 23.6 Å². The number of rotatable bonds is 3. The van der Waals surface area contributed by atoms with Crippen LogP contribution in [0, 0.1) is 0 Å². The maximum absolute atomic E-state index is 12.1. The zero-order valence-electron chi connectivity index (χ0n) is 13.7. The van der Waals surface area contributed by atoms with Gasteiger partial charge in [0.1, 0.15) is 0 Å². The van der Waals surface area contributed by atoms with Crippen LogP contribution in [0.15, 0.2) is 53.5 Å². The molecule has 0 aromatic heterocycles. The molecule has 2 atom stereocenters. The monoisotopic (exact) mass is 426 g/mol. The minimum absolute atomic E-state index is 0.109. The Hall–Kier alpha value is -1.21. The first-order valence-electron chi connectivity index (χ1n) is 8.12. The average Bonchev–Trinajstić information content (AvgIpc) is 3.06. The highest BCUT2D eigenvalue weighted by Gasteiger charge is 2.47. The number of hydrogen-bond acceptors (Lipinski definition) is 5. The van der Waals surface area contributed by atoms with Crippen LogP contribution in [0.5, 0.6) is 0 Å². The first kappa shape index (κ1) is 18.2. The van der Waals surface area contributed by atoms with Gasteiger partial charge in [0.25, 0.3) is 0 Å². The zero-order chi connectivity index (χ0) is 18.3. The fourth-order valence-corrected chi connectivity index (χ4v) is 6.67. The normalized spacial score (nSPS) is 23.8. The van der Waals surface area contributed by atoms with Crippen molar-refractivity contribution in [3.63, 3.8) is 0 Å². The van der Waals surface area contributed by atoms with Gasteiger partial charge in [-0.25, -0.2) is 8.42 Å². The summed E-state index contributed by atoms with van der Waals surface area (Å²) in [7, 11) is -3.06. The fourth-order valence-electron chi connectivity index (χ4n) is 3.29. The van der Waals surface area contributed by atoms with Crippen LogP contribution in [0.1, 0.15) is 5.56 Å². The van der Waals surface area contributed by atoms with E-state index in [0.29, 0.717) is 10.8 Å². The molecule has 2 aromatic carbocycles. The highest BCUT2D eigenvalue weighted by atomic mass is 35.5. The van der Waals surface area contributed by atoms with Crippen LogP contribution in [-0.4, -0.2) is 37.2 Å². The summed E-state index contributed by atoms with van der Waals surface area (Å²) in [4.78, 5) is 6.76. The Balaban J connectivity index is 1.63. The van der Waals surface area contributed by atoms with Crippen molar-refractivity contribution >= 4 is 55.7 Å². The summed E-state index contributed by atoms with van der Waals surface area (Å²) in [5.74, 6) is 0.909. The maximum atomic E-state index is 12.1. The van der Waals surface area contributed by atoms with E-state index >= 15 is 0 Å². The van der Waals surface area contributed by atoms with Crippen LogP contribution >= 0.6 is 35.0 Å². The summed E-state index contributed by atoms with van der Waals surface area (Å²) in [6, 6.07) is 14.8. The molecule has 0 amide bonds. The molecular weight excluding hydrogens is 411 g/mol. The first-order valence-corrected chi connectivity index (χ1v) is 11.7. The third-order valence-corrected chi connectivity index (χ3v) is 7.86. The number of amidine groups is 1. The van der Waals surface area contributed by atoms with E-state index in [9.17, 15) is 8.42 Å². The Kier molecular flexibility index (Phi) is 4.94. The Morgan fingerprint density at radius 3 is 2.54 bits per heavy atom. The zero-order valence-corrected chi connectivity index (χ0v) is 16.8. The van der Waals surface area contributed by atoms with E-state index in [2.05, 4.69) is 0 Å². The number of hydrogen-bond donors (Lipinski definition) is 0. The molecule has 0 aliphatic carbocycles. The molecule has 0 radical (unpaired) electrons. The van der Waals surface area contributed by atoms with E-state index in [1.165, 1.54) is 0 Å². The lowest BCUT2D eigenvalue weighted by Gasteiger charge is -2.26. The lowest BCUT2D eigenvalue weighted by Crippen LogP contribution is -2.39. The van der Waals surface area contributed by atoms with E-state index < -0.39 is 9.84 Å².